The molecule has 0 radical (unpaired) electrons. The molecule has 6 rings (SSSR count). The summed E-state index contributed by atoms with van der Waals surface area (Å²) in [7, 11) is 0. The Labute approximate surface area is 339 Å². The van der Waals surface area contributed by atoms with Gasteiger partial charge in [0.25, 0.3) is 0 Å². The topological polar surface area (TPSA) is 114 Å². The van der Waals surface area contributed by atoms with Gasteiger partial charge in [-0.05, 0) is 44.9 Å². The first-order valence-corrected chi connectivity index (χ1v) is 20.4. The number of thioether (sulfide) groups is 1. The number of esters is 1. The molecule has 57 heavy (non-hydrogen) atoms. The van der Waals surface area contributed by atoms with E-state index in [4.69, 9.17) is 9.47 Å². The molecular formula is C48H50N2O6S. The van der Waals surface area contributed by atoms with Crippen LogP contribution in [0.4, 0.5) is 4.79 Å². The standard InChI is InChI=1S/C48H50N2O6S/c1-4-29-55-44(52)30-43(51)45(33(3)5-2)50-46(53)42(49-47(54)56-31-41-39-27-17-15-25-37(39)38-26-16-18-28-40(38)41)32-57-48(34-19-9-6-10-20-34,35-21-11-7-12-22-35)36-23-13-8-14-24-36/h4,6-28,33,41-43,45,51H,1,5,29-32H2,2-3H3,(H,49,54)(H,50,53)/t33-,42+,43-,45+/m0/s1. The second-order valence-electron chi connectivity index (χ2n) is 14.3. The lowest BCUT2D eigenvalue weighted by Crippen LogP contribution is -2.56. The van der Waals surface area contributed by atoms with Crippen molar-refractivity contribution in [1.82, 2.24) is 10.6 Å². The zero-order chi connectivity index (χ0) is 40.2. The Morgan fingerprint density at radius 2 is 1.25 bits per heavy atom. The molecule has 0 bridgehead atoms. The van der Waals surface area contributed by atoms with E-state index in [2.05, 4.69) is 77.9 Å². The van der Waals surface area contributed by atoms with Crippen LogP contribution in [-0.4, -0.2) is 60.2 Å². The molecule has 5 aromatic carbocycles. The number of rotatable bonds is 18. The summed E-state index contributed by atoms with van der Waals surface area (Å²) in [5.74, 6) is -1.37. The molecule has 0 unspecified atom stereocenters. The minimum atomic E-state index is -1.24. The fraction of sp³-hybridized carbons (Fsp3) is 0.271. The maximum absolute atomic E-state index is 14.6. The third-order valence-corrected chi connectivity index (χ3v) is 12.3. The van der Waals surface area contributed by atoms with Gasteiger partial charge < -0.3 is 25.2 Å². The Balaban J connectivity index is 1.31. The van der Waals surface area contributed by atoms with E-state index in [1.54, 1.807) is 0 Å². The lowest BCUT2D eigenvalue weighted by Gasteiger charge is -2.37. The molecule has 3 N–H and O–H groups in total. The zero-order valence-corrected chi connectivity index (χ0v) is 33.2. The highest BCUT2D eigenvalue weighted by Gasteiger charge is 2.40. The van der Waals surface area contributed by atoms with Gasteiger partial charge in [-0.15, -0.1) is 11.8 Å². The van der Waals surface area contributed by atoms with Crippen LogP contribution in [0, 0.1) is 5.92 Å². The molecule has 2 amide bonds. The quantitative estimate of drug-likeness (QED) is 0.0464. The number of benzene rings is 5. The van der Waals surface area contributed by atoms with Crippen molar-refractivity contribution in [2.24, 2.45) is 5.92 Å². The molecule has 1 aliphatic carbocycles. The number of hydrogen-bond donors (Lipinski definition) is 3. The van der Waals surface area contributed by atoms with Gasteiger partial charge in [0.05, 0.1) is 23.3 Å². The highest BCUT2D eigenvalue weighted by Crippen LogP contribution is 2.49. The van der Waals surface area contributed by atoms with Crippen molar-refractivity contribution in [3.63, 3.8) is 0 Å². The summed E-state index contributed by atoms with van der Waals surface area (Å²) in [6.45, 7) is 7.51. The van der Waals surface area contributed by atoms with Gasteiger partial charge in [-0.1, -0.05) is 172 Å². The first kappa shape index (κ1) is 41.0. The molecule has 5 aromatic rings. The van der Waals surface area contributed by atoms with E-state index < -0.39 is 40.9 Å². The van der Waals surface area contributed by atoms with Gasteiger partial charge in [-0.3, -0.25) is 9.59 Å². The smallest absolute Gasteiger partial charge is 0.407 e. The second-order valence-corrected chi connectivity index (χ2v) is 15.5. The lowest BCUT2D eigenvalue weighted by atomic mass is 9.84. The molecular weight excluding hydrogens is 733 g/mol. The Morgan fingerprint density at radius 3 is 1.74 bits per heavy atom. The summed E-state index contributed by atoms with van der Waals surface area (Å²) in [5, 5.41) is 17.2. The predicted molar refractivity (Wildman–Crippen MR) is 227 cm³/mol. The fourth-order valence-corrected chi connectivity index (χ4v) is 9.15. The fourth-order valence-electron chi connectivity index (χ4n) is 7.59. The first-order chi connectivity index (χ1) is 27.8. The van der Waals surface area contributed by atoms with Crippen LogP contribution in [0.25, 0.3) is 11.1 Å². The van der Waals surface area contributed by atoms with E-state index in [-0.39, 0.29) is 37.2 Å². The van der Waals surface area contributed by atoms with Gasteiger partial charge in [0.2, 0.25) is 5.91 Å². The van der Waals surface area contributed by atoms with Crippen molar-refractivity contribution in [2.45, 2.75) is 55.5 Å². The maximum atomic E-state index is 14.6. The molecule has 0 heterocycles. The van der Waals surface area contributed by atoms with Crippen LogP contribution >= 0.6 is 11.8 Å². The van der Waals surface area contributed by atoms with Crippen molar-refractivity contribution < 1.29 is 29.0 Å². The van der Waals surface area contributed by atoms with E-state index in [1.165, 1.54) is 17.8 Å². The number of nitrogens with one attached hydrogen (secondary N) is 2. The van der Waals surface area contributed by atoms with Crippen LogP contribution in [0.5, 0.6) is 0 Å². The van der Waals surface area contributed by atoms with E-state index in [1.807, 2.05) is 92.7 Å². The molecule has 0 saturated carbocycles. The Hall–Kier alpha value is -5.64. The van der Waals surface area contributed by atoms with Crippen LogP contribution in [0.15, 0.2) is 152 Å². The molecule has 0 saturated heterocycles. The molecule has 0 aliphatic heterocycles. The molecule has 0 aromatic heterocycles. The second kappa shape index (κ2) is 19.5. The number of hydrogen-bond acceptors (Lipinski definition) is 7. The van der Waals surface area contributed by atoms with Crippen LogP contribution < -0.4 is 10.6 Å². The molecule has 8 nitrogen and oxygen atoms in total. The normalized spacial score (nSPS) is 14.2. The summed E-state index contributed by atoms with van der Waals surface area (Å²) in [6, 6.07) is 44.6. The molecule has 0 spiro atoms. The molecule has 4 atom stereocenters. The van der Waals surface area contributed by atoms with Crippen molar-refractivity contribution in [3.05, 3.63) is 180 Å². The summed E-state index contributed by atoms with van der Waals surface area (Å²) in [5.41, 5.74) is 7.37. The maximum Gasteiger partial charge on any atom is 0.407 e. The number of alkyl carbamates (subject to hydrolysis) is 1. The average Bonchev–Trinajstić information content (AvgIpc) is 3.57. The van der Waals surface area contributed by atoms with Gasteiger partial charge in [0.15, 0.2) is 0 Å². The Bertz CT molecular complexity index is 1970. The molecule has 9 heteroatoms. The number of amides is 2. The highest BCUT2D eigenvalue weighted by molar-refractivity contribution is 8.00. The summed E-state index contributed by atoms with van der Waals surface area (Å²) < 4.78 is 10.3. The monoisotopic (exact) mass is 782 g/mol. The number of aliphatic hydroxyl groups excluding tert-OH is 1. The van der Waals surface area contributed by atoms with Crippen molar-refractivity contribution >= 4 is 29.7 Å². The minimum Gasteiger partial charge on any atom is -0.461 e. The number of carbonyl (C=O) groups excluding carboxylic acids is 3. The van der Waals surface area contributed by atoms with Gasteiger partial charge in [0, 0.05) is 11.7 Å². The number of carbonyl (C=O) groups is 3. The largest absolute Gasteiger partial charge is 0.461 e. The van der Waals surface area contributed by atoms with Crippen LogP contribution in [0.1, 0.15) is 60.4 Å². The van der Waals surface area contributed by atoms with Gasteiger partial charge in [0.1, 0.15) is 19.3 Å². The summed E-state index contributed by atoms with van der Waals surface area (Å²) >= 11 is 1.52. The van der Waals surface area contributed by atoms with Gasteiger partial charge >= 0.3 is 12.1 Å². The van der Waals surface area contributed by atoms with Crippen LogP contribution in [0.2, 0.25) is 0 Å². The first-order valence-electron chi connectivity index (χ1n) is 19.4. The van der Waals surface area contributed by atoms with Gasteiger partial charge in [-0.25, -0.2) is 4.79 Å². The van der Waals surface area contributed by atoms with E-state index >= 15 is 0 Å². The number of aliphatic hydroxyl groups is 1. The van der Waals surface area contributed by atoms with E-state index in [9.17, 15) is 19.5 Å². The average molecular weight is 783 g/mol. The SMILES string of the molecule is C=CCOC(=O)C[C@H](O)[C@H](NC(=O)[C@@H](CSC(c1ccccc1)(c1ccccc1)c1ccccc1)NC(=O)OCC1c2ccccc2-c2ccccc21)[C@@H](C)CC. The third-order valence-electron chi connectivity index (χ3n) is 10.7. The van der Waals surface area contributed by atoms with E-state index in [0.717, 1.165) is 38.9 Å². The van der Waals surface area contributed by atoms with E-state index in [0.29, 0.717) is 6.42 Å². The lowest BCUT2D eigenvalue weighted by molar-refractivity contribution is -0.145. The van der Waals surface area contributed by atoms with Crippen molar-refractivity contribution in [3.8, 4) is 11.1 Å². The highest BCUT2D eigenvalue weighted by atomic mass is 32.2. The summed E-state index contributed by atoms with van der Waals surface area (Å²) in [4.78, 5) is 41.0. The van der Waals surface area contributed by atoms with Crippen molar-refractivity contribution in [2.75, 3.05) is 19.0 Å². The summed E-state index contributed by atoms with van der Waals surface area (Å²) in [6.07, 6.45) is -0.226. The van der Waals surface area contributed by atoms with Crippen molar-refractivity contribution in [1.29, 1.82) is 0 Å². The van der Waals surface area contributed by atoms with Crippen LogP contribution in [-0.2, 0) is 23.8 Å². The van der Waals surface area contributed by atoms with Crippen LogP contribution in [0.3, 0.4) is 0 Å². The Kier molecular flexibility index (Phi) is 14.0. The predicted octanol–water partition coefficient (Wildman–Crippen LogP) is 8.63. The molecule has 0 fully saturated rings. The molecule has 1 aliphatic rings. The van der Waals surface area contributed by atoms with Gasteiger partial charge in [-0.2, -0.15) is 0 Å². The Morgan fingerprint density at radius 1 is 0.754 bits per heavy atom. The zero-order valence-electron chi connectivity index (χ0n) is 32.4. The number of fused-ring (bicyclic) bond motifs is 3. The number of ether oxygens (including phenoxy) is 2. The minimum absolute atomic E-state index is 0.0151. The third kappa shape index (κ3) is 9.50. The molecule has 294 valence electrons.